The highest BCUT2D eigenvalue weighted by molar-refractivity contribution is 7.85. The van der Waals surface area contributed by atoms with Crippen molar-refractivity contribution in [2.45, 2.75) is 50.8 Å². The number of para-hydroxylation sites is 2. The minimum absolute atomic E-state index is 0.0944. The summed E-state index contributed by atoms with van der Waals surface area (Å²) >= 11 is 0. The summed E-state index contributed by atoms with van der Waals surface area (Å²) in [5, 5.41) is 12.1. The Bertz CT molecular complexity index is 2350. The average Bonchev–Trinajstić information content (AvgIpc) is 3.72. The lowest BCUT2D eigenvalue weighted by molar-refractivity contribution is -0.137. The fraction of sp³-hybridized carbons (Fsp3) is 0.395. The van der Waals surface area contributed by atoms with Crippen LogP contribution in [0.4, 0.5) is 13.2 Å². The normalized spacial score (nSPS) is 18.1. The van der Waals surface area contributed by atoms with E-state index in [-0.39, 0.29) is 18.1 Å². The first-order valence-corrected chi connectivity index (χ1v) is 21.0. The van der Waals surface area contributed by atoms with Gasteiger partial charge in [-0.1, -0.05) is 30.3 Å². The van der Waals surface area contributed by atoms with Gasteiger partial charge in [-0.15, -0.1) is 0 Å². The van der Waals surface area contributed by atoms with E-state index in [1.54, 1.807) is 17.0 Å². The number of aromatic nitrogens is 2. The molecule has 2 N–H and O–H groups in total. The molecular weight excluding hydrogens is 790 g/mol. The number of hydrogen-bond acceptors (Lipinski definition) is 9. The van der Waals surface area contributed by atoms with Crippen LogP contribution in [0.1, 0.15) is 48.2 Å². The number of nitrogens with zero attached hydrogens (tertiary/aromatic N) is 4. The minimum atomic E-state index is -3.67. The lowest BCUT2D eigenvalue weighted by atomic mass is 9.76. The summed E-state index contributed by atoms with van der Waals surface area (Å²) in [7, 11) is 0.939. The van der Waals surface area contributed by atoms with Crippen LogP contribution in [0.15, 0.2) is 78.9 Å². The van der Waals surface area contributed by atoms with Crippen molar-refractivity contribution in [1.82, 2.24) is 19.4 Å². The highest BCUT2D eigenvalue weighted by Gasteiger charge is 2.47. The molecule has 1 unspecified atom stereocenters. The third kappa shape index (κ3) is 10.2. The zero-order chi connectivity index (χ0) is 42.5. The minimum Gasteiger partial charge on any atom is -0.493 e. The monoisotopic (exact) mass is 838 g/mol. The van der Waals surface area contributed by atoms with Crippen LogP contribution in [0, 0.1) is 22.9 Å². The Balaban J connectivity index is 0.00000110. The van der Waals surface area contributed by atoms with E-state index in [2.05, 4.69) is 4.90 Å². The number of carbonyl (C=O) groups is 1. The quantitative estimate of drug-likeness (QED) is 0.129. The Morgan fingerprint density at radius 2 is 1.42 bits per heavy atom. The van der Waals surface area contributed by atoms with Crippen molar-refractivity contribution < 1.29 is 50.3 Å². The lowest BCUT2D eigenvalue weighted by Crippen LogP contribution is -2.46. The molecule has 4 aromatic carbocycles. The van der Waals surface area contributed by atoms with E-state index in [4.69, 9.17) is 23.7 Å². The first-order valence-electron chi connectivity index (χ1n) is 19.1. The number of benzene rings is 4. The van der Waals surface area contributed by atoms with Gasteiger partial charge in [-0.2, -0.15) is 8.42 Å². The number of ether oxygens (including phenoxy) is 3. The van der Waals surface area contributed by atoms with E-state index < -0.39 is 32.8 Å². The number of hydrogen-bond donors (Lipinski definition) is 2. The Labute approximate surface area is 341 Å². The van der Waals surface area contributed by atoms with E-state index in [1.807, 2.05) is 41.0 Å². The van der Waals surface area contributed by atoms with Gasteiger partial charge in [0.05, 0.1) is 44.0 Å². The van der Waals surface area contributed by atoms with Crippen molar-refractivity contribution in [3.63, 3.8) is 0 Å². The summed E-state index contributed by atoms with van der Waals surface area (Å²) in [5.74, 6) is 0.249. The second kappa shape index (κ2) is 18.0. The number of rotatable bonds is 13. The standard InChI is InChI=1S/C42H45F3N4O5.CH4O3S/c1-52-36-22-29(23-37(53-2)38(36)54-3)26-48-21-15-41(40(48)50,25-30-10-13-32(44)24-33(30)45)14-18-47-19-16-42(51,17-20-47)39-46-34-6-4-5-7-35(34)49(39)27-28-8-11-31(43)12-9-28;1-5(2,3)4/h4-13,22-24,51H,14-21,25-27H2,1-3H3;1H3,(H,2,3,4). The second-order valence-corrected chi connectivity index (χ2v) is 16.7. The van der Waals surface area contributed by atoms with Gasteiger partial charge in [-0.3, -0.25) is 9.35 Å². The molecule has 0 aliphatic carbocycles. The molecule has 316 valence electrons. The average molecular weight is 839 g/mol. The number of methoxy groups -OCH3 is 3. The highest BCUT2D eigenvalue weighted by atomic mass is 32.2. The molecule has 1 amide bonds. The van der Waals surface area contributed by atoms with E-state index in [9.17, 15) is 27.1 Å². The van der Waals surface area contributed by atoms with Gasteiger partial charge in [0.1, 0.15) is 28.9 Å². The molecule has 0 spiro atoms. The van der Waals surface area contributed by atoms with E-state index in [0.717, 1.165) is 28.2 Å². The van der Waals surface area contributed by atoms with Crippen LogP contribution in [-0.4, -0.2) is 97.1 Å². The molecule has 0 bridgehead atoms. The van der Waals surface area contributed by atoms with Gasteiger partial charge in [0.25, 0.3) is 10.1 Å². The largest absolute Gasteiger partial charge is 0.493 e. The Morgan fingerprint density at radius 3 is 2.03 bits per heavy atom. The van der Waals surface area contributed by atoms with Crippen molar-refractivity contribution in [1.29, 1.82) is 0 Å². The maximum Gasteiger partial charge on any atom is 0.261 e. The van der Waals surface area contributed by atoms with Crippen molar-refractivity contribution in [3.05, 3.63) is 119 Å². The van der Waals surface area contributed by atoms with Crippen molar-refractivity contribution in [2.24, 2.45) is 5.41 Å². The SMILES string of the molecule is COc1cc(CN2CCC(CCN3CCC(O)(c4nc5ccccc5n4Cc4ccc(F)cc4)CC3)(Cc3ccc(F)cc3F)C2=O)cc(OC)c1OC.CS(=O)(=O)O. The number of aliphatic hydroxyl groups is 1. The van der Waals surface area contributed by atoms with Gasteiger partial charge in [0.2, 0.25) is 11.7 Å². The lowest BCUT2D eigenvalue weighted by Gasteiger charge is -2.39. The molecule has 7 rings (SSSR count). The number of carbonyl (C=O) groups excluding carboxylic acids is 1. The van der Waals surface area contributed by atoms with Crippen LogP contribution in [-0.2, 0) is 40.0 Å². The summed E-state index contributed by atoms with van der Waals surface area (Å²) in [6.45, 7) is 2.84. The highest BCUT2D eigenvalue weighted by Crippen LogP contribution is 2.43. The zero-order valence-corrected chi connectivity index (χ0v) is 34.3. The molecule has 0 radical (unpaired) electrons. The molecule has 1 atom stereocenters. The topological polar surface area (TPSA) is 144 Å². The number of fused-ring (bicyclic) bond motifs is 1. The maximum absolute atomic E-state index is 15.1. The molecule has 16 heteroatoms. The summed E-state index contributed by atoms with van der Waals surface area (Å²) in [6, 6.07) is 21.2. The summed E-state index contributed by atoms with van der Waals surface area (Å²) in [4.78, 5) is 23.4. The number of imidazole rings is 1. The van der Waals surface area contributed by atoms with Gasteiger partial charge in [0.15, 0.2) is 11.5 Å². The fourth-order valence-electron chi connectivity index (χ4n) is 8.11. The van der Waals surface area contributed by atoms with Gasteiger partial charge in [-0.05, 0) is 97.8 Å². The van der Waals surface area contributed by atoms with Crippen LogP contribution in [0.5, 0.6) is 17.2 Å². The number of likely N-dealkylation sites (tertiary alicyclic amines) is 2. The van der Waals surface area contributed by atoms with Crippen molar-refractivity contribution in [2.75, 3.05) is 53.8 Å². The van der Waals surface area contributed by atoms with Crippen molar-refractivity contribution in [3.8, 4) is 17.2 Å². The van der Waals surface area contributed by atoms with Gasteiger partial charge in [-0.25, -0.2) is 18.2 Å². The number of piperidine rings is 1. The molecule has 2 aliphatic rings. The first-order chi connectivity index (χ1) is 28.0. The van der Waals surface area contributed by atoms with E-state index in [0.29, 0.717) is 99.8 Å². The first kappa shape index (κ1) is 43.4. The molecule has 12 nitrogen and oxygen atoms in total. The second-order valence-electron chi connectivity index (χ2n) is 15.2. The summed E-state index contributed by atoms with van der Waals surface area (Å²) in [6.07, 6.45) is 2.64. The van der Waals surface area contributed by atoms with Crippen LogP contribution in [0.3, 0.4) is 0 Å². The van der Waals surface area contributed by atoms with Crippen molar-refractivity contribution >= 4 is 27.1 Å². The summed E-state index contributed by atoms with van der Waals surface area (Å²) in [5.41, 5.74) is 1.52. The third-order valence-electron chi connectivity index (χ3n) is 11.2. The van der Waals surface area contributed by atoms with E-state index in [1.165, 1.54) is 45.6 Å². The molecule has 2 fully saturated rings. The Morgan fingerprint density at radius 1 is 0.797 bits per heavy atom. The molecule has 3 heterocycles. The molecule has 59 heavy (non-hydrogen) atoms. The van der Waals surface area contributed by atoms with Gasteiger partial charge in [0, 0.05) is 38.8 Å². The van der Waals surface area contributed by atoms with Crippen LogP contribution in [0.25, 0.3) is 11.0 Å². The van der Waals surface area contributed by atoms with Gasteiger partial charge < -0.3 is 33.7 Å². The molecule has 2 saturated heterocycles. The Kier molecular flexibility index (Phi) is 13.2. The molecule has 2 aliphatic heterocycles. The van der Waals surface area contributed by atoms with Gasteiger partial charge >= 0.3 is 0 Å². The zero-order valence-electron chi connectivity index (χ0n) is 33.5. The molecule has 5 aromatic rings. The predicted molar refractivity (Wildman–Crippen MR) is 216 cm³/mol. The third-order valence-corrected chi connectivity index (χ3v) is 11.2. The summed E-state index contributed by atoms with van der Waals surface area (Å²) < 4.78 is 87.1. The van der Waals surface area contributed by atoms with Crippen LogP contribution < -0.4 is 14.2 Å². The fourth-order valence-corrected chi connectivity index (χ4v) is 8.11. The Hall–Kier alpha value is -5.16. The van der Waals surface area contributed by atoms with Crippen LogP contribution in [0.2, 0.25) is 0 Å². The maximum atomic E-state index is 15.1. The molecular formula is C43H49F3N4O8S. The molecule has 1 aromatic heterocycles. The molecule has 0 saturated carbocycles. The van der Waals surface area contributed by atoms with Crippen LogP contribution >= 0.6 is 0 Å². The smallest absolute Gasteiger partial charge is 0.261 e. The number of halogens is 3. The predicted octanol–water partition coefficient (Wildman–Crippen LogP) is 6.37. The van der Waals surface area contributed by atoms with E-state index >= 15 is 4.39 Å². The number of amides is 1.